The molecule has 0 aliphatic rings. The lowest BCUT2D eigenvalue weighted by Gasteiger charge is -2.29. The number of methoxy groups -OCH3 is 1. The molecule has 1 unspecified atom stereocenters. The lowest BCUT2D eigenvalue weighted by molar-refractivity contribution is -0.153. The molecule has 0 aromatic heterocycles. The maximum absolute atomic E-state index is 12.3. The standard InChI is InChI=1S/C12H13ClF3NO2/c1-11(10(18)19-2,17-7-12(14,15)16)8-4-3-5-9(13)6-8/h3-6,17H,7H2,1-2H3. The van der Waals surface area contributed by atoms with Gasteiger partial charge in [0, 0.05) is 5.02 Å². The van der Waals surface area contributed by atoms with Crippen molar-refractivity contribution >= 4 is 17.6 Å². The van der Waals surface area contributed by atoms with Crippen molar-refractivity contribution in [2.45, 2.75) is 18.6 Å². The van der Waals surface area contributed by atoms with Crippen LogP contribution in [0.4, 0.5) is 13.2 Å². The van der Waals surface area contributed by atoms with Gasteiger partial charge in [-0.2, -0.15) is 13.2 Å². The second kappa shape index (κ2) is 5.79. The molecule has 106 valence electrons. The molecule has 0 saturated heterocycles. The van der Waals surface area contributed by atoms with E-state index in [1.807, 2.05) is 0 Å². The van der Waals surface area contributed by atoms with E-state index in [0.29, 0.717) is 10.6 Å². The zero-order valence-electron chi connectivity index (χ0n) is 10.3. The zero-order chi connectivity index (χ0) is 14.7. The summed E-state index contributed by atoms with van der Waals surface area (Å²) >= 11 is 5.79. The molecule has 3 nitrogen and oxygen atoms in total. The van der Waals surface area contributed by atoms with Crippen molar-refractivity contribution in [2.24, 2.45) is 0 Å². The summed E-state index contributed by atoms with van der Waals surface area (Å²) in [5.74, 6) is -0.820. The van der Waals surface area contributed by atoms with Crippen molar-refractivity contribution in [2.75, 3.05) is 13.7 Å². The summed E-state index contributed by atoms with van der Waals surface area (Å²) in [5.41, 5.74) is -1.31. The Kier molecular flexibility index (Phi) is 4.81. The third-order valence-electron chi connectivity index (χ3n) is 2.64. The van der Waals surface area contributed by atoms with Crippen LogP contribution in [-0.2, 0) is 15.1 Å². The number of nitrogens with one attached hydrogen (secondary N) is 1. The van der Waals surface area contributed by atoms with E-state index in [1.54, 1.807) is 12.1 Å². The molecule has 1 atom stereocenters. The SMILES string of the molecule is COC(=O)C(C)(NCC(F)(F)F)c1cccc(Cl)c1. The smallest absolute Gasteiger partial charge is 0.401 e. The molecule has 7 heteroatoms. The number of carbonyl (C=O) groups is 1. The molecule has 1 rings (SSSR count). The summed E-state index contributed by atoms with van der Waals surface area (Å²) in [6, 6.07) is 6.04. The van der Waals surface area contributed by atoms with E-state index >= 15 is 0 Å². The number of alkyl halides is 3. The number of esters is 1. The first kappa shape index (κ1) is 15.8. The van der Waals surface area contributed by atoms with Gasteiger partial charge in [0.1, 0.15) is 5.54 Å². The van der Waals surface area contributed by atoms with E-state index < -0.39 is 24.2 Å². The van der Waals surface area contributed by atoms with E-state index in [1.165, 1.54) is 19.1 Å². The Labute approximate surface area is 113 Å². The summed E-state index contributed by atoms with van der Waals surface area (Å²) in [7, 11) is 1.11. The van der Waals surface area contributed by atoms with Gasteiger partial charge in [0.15, 0.2) is 0 Å². The predicted octanol–water partition coefficient (Wildman–Crippen LogP) is 2.88. The van der Waals surface area contributed by atoms with Gasteiger partial charge in [0.05, 0.1) is 13.7 Å². The Morgan fingerprint density at radius 2 is 2.05 bits per heavy atom. The number of ether oxygens (including phenoxy) is 1. The van der Waals surface area contributed by atoms with Crippen molar-refractivity contribution in [3.8, 4) is 0 Å². The summed E-state index contributed by atoms with van der Waals surface area (Å²) in [6.45, 7) is 0.00134. The van der Waals surface area contributed by atoms with Gasteiger partial charge in [0.25, 0.3) is 0 Å². The Balaban J connectivity index is 3.09. The highest BCUT2D eigenvalue weighted by Gasteiger charge is 2.40. The van der Waals surface area contributed by atoms with Crippen LogP contribution >= 0.6 is 11.6 Å². The van der Waals surface area contributed by atoms with Crippen molar-refractivity contribution in [1.82, 2.24) is 5.32 Å². The first-order chi connectivity index (χ1) is 8.69. The van der Waals surface area contributed by atoms with Crippen LogP contribution in [0.5, 0.6) is 0 Å². The molecule has 0 aliphatic heterocycles. The van der Waals surface area contributed by atoms with Crippen molar-refractivity contribution < 1.29 is 22.7 Å². The molecule has 0 bridgehead atoms. The number of hydrogen-bond acceptors (Lipinski definition) is 3. The van der Waals surface area contributed by atoms with Crippen LogP contribution in [0, 0.1) is 0 Å². The maximum Gasteiger partial charge on any atom is 0.401 e. The Bertz CT molecular complexity index is 465. The fourth-order valence-electron chi connectivity index (χ4n) is 1.57. The highest BCUT2D eigenvalue weighted by molar-refractivity contribution is 6.30. The summed E-state index contributed by atoms with van der Waals surface area (Å²) in [5, 5.41) is 2.49. The second-order valence-electron chi connectivity index (χ2n) is 4.10. The number of rotatable bonds is 4. The monoisotopic (exact) mass is 295 g/mol. The minimum absolute atomic E-state index is 0.302. The Morgan fingerprint density at radius 1 is 1.42 bits per heavy atom. The minimum Gasteiger partial charge on any atom is -0.467 e. The van der Waals surface area contributed by atoms with E-state index in [-0.39, 0.29) is 0 Å². The molecule has 19 heavy (non-hydrogen) atoms. The van der Waals surface area contributed by atoms with Crippen LogP contribution in [0.15, 0.2) is 24.3 Å². The van der Waals surface area contributed by atoms with Crippen LogP contribution in [0.1, 0.15) is 12.5 Å². The van der Waals surface area contributed by atoms with E-state index in [2.05, 4.69) is 10.1 Å². The van der Waals surface area contributed by atoms with Crippen molar-refractivity contribution in [1.29, 1.82) is 0 Å². The lowest BCUT2D eigenvalue weighted by atomic mass is 9.92. The largest absolute Gasteiger partial charge is 0.467 e. The van der Waals surface area contributed by atoms with Crippen LogP contribution in [0.2, 0.25) is 5.02 Å². The number of carbonyl (C=O) groups excluding carboxylic acids is 1. The fraction of sp³-hybridized carbons (Fsp3) is 0.417. The van der Waals surface area contributed by atoms with Gasteiger partial charge in [-0.15, -0.1) is 0 Å². The number of halogens is 4. The predicted molar refractivity (Wildman–Crippen MR) is 64.9 cm³/mol. The van der Waals surface area contributed by atoms with Gasteiger partial charge >= 0.3 is 12.1 Å². The Morgan fingerprint density at radius 3 is 2.53 bits per heavy atom. The van der Waals surface area contributed by atoms with Gasteiger partial charge in [-0.1, -0.05) is 23.7 Å². The Hall–Kier alpha value is -1.27. The van der Waals surface area contributed by atoms with Crippen molar-refractivity contribution in [3.05, 3.63) is 34.9 Å². The maximum atomic E-state index is 12.3. The second-order valence-corrected chi connectivity index (χ2v) is 4.53. The van der Waals surface area contributed by atoms with Gasteiger partial charge in [0.2, 0.25) is 0 Å². The number of hydrogen-bond donors (Lipinski definition) is 1. The molecule has 0 spiro atoms. The third kappa shape index (κ3) is 4.11. The first-order valence-electron chi connectivity index (χ1n) is 5.35. The van der Waals surface area contributed by atoms with Crippen LogP contribution in [0.25, 0.3) is 0 Å². The number of benzene rings is 1. The molecule has 0 aliphatic carbocycles. The normalized spacial score (nSPS) is 14.8. The van der Waals surface area contributed by atoms with E-state index in [0.717, 1.165) is 7.11 Å². The highest BCUT2D eigenvalue weighted by Crippen LogP contribution is 2.26. The summed E-state index contributed by atoms with van der Waals surface area (Å²) in [4.78, 5) is 11.8. The van der Waals surface area contributed by atoms with Crippen molar-refractivity contribution in [3.63, 3.8) is 0 Å². The molecular formula is C12H13ClF3NO2. The topological polar surface area (TPSA) is 38.3 Å². The van der Waals surface area contributed by atoms with Gasteiger partial charge in [-0.05, 0) is 24.6 Å². The van der Waals surface area contributed by atoms with Crippen LogP contribution in [-0.4, -0.2) is 25.8 Å². The lowest BCUT2D eigenvalue weighted by Crippen LogP contribution is -2.50. The fourth-order valence-corrected chi connectivity index (χ4v) is 1.76. The van der Waals surface area contributed by atoms with Crippen LogP contribution < -0.4 is 5.32 Å². The molecule has 1 N–H and O–H groups in total. The molecule has 1 aromatic rings. The molecule has 0 saturated carbocycles. The summed E-state index contributed by atoms with van der Waals surface area (Å²) in [6.07, 6.45) is -4.44. The summed E-state index contributed by atoms with van der Waals surface area (Å²) < 4.78 is 41.5. The highest BCUT2D eigenvalue weighted by atomic mass is 35.5. The molecular weight excluding hydrogens is 283 g/mol. The molecule has 0 amide bonds. The average molecular weight is 296 g/mol. The first-order valence-corrected chi connectivity index (χ1v) is 5.73. The molecule has 0 heterocycles. The third-order valence-corrected chi connectivity index (χ3v) is 2.87. The molecule has 0 radical (unpaired) electrons. The quantitative estimate of drug-likeness (QED) is 0.868. The minimum atomic E-state index is -4.44. The van der Waals surface area contributed by atoms with Gasteiger partial charge in [-0.3, -0.25) is 5.32 Å². The van der Waals surface area contributed by atoms with E-state index in [4.69, 9.17) is 11.6 Å². The zero-order valence-corrected chi connectivity index (χ0v) is 11.1. The van der Waals surface area contributed by atoms with E-state index in [9.17, 15) is 18.0 Å². The average Bonchev–Trinajstić information content (AvgIpc) is 2.34. The molecule has 0 fully saturated rings. The van der Waals surface area contributed by atoms with Gasteiger partial charge < -0.3 is 4.74 Å². The molecule has 1 aromatic carbocycles. The van der Waals surface area contributed by atoms with Gasteiger partial charge in [-0.25, -0.2) is 4.79 Å². The van der Waals surface area contributed by atoms with Crippen LogP contribution in [0.3, 0.4) is 0 Å².